The molecule has 7 heteroatoms. The number of nitrogens with zero attached hydrogens (tertiary/aromatic N) is 2. The molecule has 0 radical (unpaired) electrons. The summed E-state index contributed by atoms with van der Waals surface area (Å²) in [6.45, 7) is 0. The first-order chi connectivity index (χ1) is 8.72. The SMILES string of the molecule is Nc1nc(NC2CCC(N)CC2)nc2[nH+]c[nH]c12. The molecule has 0 aliphatic heterocycles. The summed E-state index contributed by atoms with van der Waals surface area (Å²) in [7, 11) is 0. The van der Waals surface area contributed by atoms with Crippen molar-refractivity contribution in [2.24, 2.45) is 5.73 Å². The van der Waals surface area contributed by atoms with Gasteiger partial charge in [0.1, 0.15) is 0 Å². The molecule has 1 saturated carbocycles. The number of H-pyrrole nitrogens is 2. The number of anilines is 2. The zero-order valence-corrected chi connectivity index (χ0v) is 10.1. The summed E-state index contributed by atoms with van der Waals surface area (Å²) in [4.78, 5) is 14.6. The zero-order valence-electron chi connectivity index (χ0n) is 10.1. The number of imidazole rings is 1. The summed E-state index contributed by atoms with van der Waals surface area (Å²) in [6.07, 6.45) is 5.90. The predicted octanol–water partition coefficient (Wildman–Crippen LogP) is 0.0360. The molecule has 7 N–H and O–H groups in total. The van der Waals surface area contributed by atoms with Crippen molar-refractivity contribution in [3.63, 3.8) is 0 Å². The van der Waals surface area contributed by atoms with Gasteiger partial charge in [-0.05, 0) is 25.7 Å². The van der Waals surface area contributed by atoms with E-state index in [4.69, 9.17) is 11.5 Å². The Labute approximate surface area is 104 Å². The molecule has 0 atom stereocenters. The fourth-order valence-electron chi connectivity index (χ4n) is 2.41. The van der Waals surface area contributed by atoms with Crippen molar-refractivity contribution < 1.29 is 4.98 Å². The van der Waals surface area contributed by atoms with Crippen LogP contribution in [0.4, 0.5) is 11.8 Å². The molecule has 18 heavy (non-hydrogen) atoms. The van der Waals surface area contributed by atoms with Gasteiger partial charge in [-0.3, -0.25) is 4.98 Å². The molecule has 1 aliphatic carbocycles. The van der Waals surface area contributed by atoms with Crippen molar-refractivity contribution in [3.05, 3.63) is 6.33 Å². The second kappa shape index (κ2) is 4.41. The lowest BCUT2D eigenvalue weighted by Gasteiger charge is -2.26. The van der Waals surface area contributed by atoms with Crippen molar-refractivity contribution in [2.45, 2.75) is 37.8 Å². The summed E-state index contributed by atoms with van der Waals surface area (Å²) >= 11 is 0. The van der Waals surface area contributed by atoms with Crippen molar-refractivity contribution in [1.29, 1.82) is 0 Å². The van der Waals surface area contributed by atoms with E-state index in [0.717, 1.165) is 36.8 Å². The van der Waals surface area contributed by atoms with Gasteiger partial charge in [0, 0.05) is 12.1 Å². The molecule has 0 amide bonds. The quantitative estimate of drug-likeness (QED) is 0.598. The third kappa shape index (κ3) is 2.08. The molecule has 2 aromatic rings. The predicted molar refractivity (Wildman–Crippen MR) is 68.7 cm³/mol. The van der Waals surface area contributed by atoms with Gasteiger partial charge in [0.05, 0.1) is 0 Å². The van der Waals surface area contributed by atoms with Crippen molar-refractivity contribution in [2.75, 3.05) is 11.1 Å². The van der Waals surface area contributed by atoms with Crippen LogP contribution in [0, 0.1) is 0 Å². The molecule has 1 fully saturated rings. The Morgan fingerprint density at radius 2 is 2.06 bits per heavy atom. The summed E-state index contributed by atoms with van der Waals surface area (Å²) in [5, 5.41) is 3.33. The molecule has 0 aromatic carbocycles. The van der Waals surface area contributed by atoms with Gasteiger partial charge in [-0.2, -0.15) is 4.98 Å². The summed E-state index contributed by atoms with van der Waals surface area (Å²) < 4.78 is 0. The average Bonchev–Trinajstić information content (AvgIpc) is 2.81. The van der Waals surface area contributed by atoms with Gasteiger partial charge in [0.25, 0.3) is 0 Å². The number of aromatic amines is 2. The fourth-order valence-corrected chi connectivity index (χ4v) is 2.41. The summed E-state index contributed by atoms with van der Waals surface area (Å²) in [6, 6.07) is 0.732. The van der Waals surface area contributed by atoms with E-state index in [2.05, 4.69) is 25.3 Å². The van der Waals surface area contributed by atoms with Gasteiger partial charge in [0.2, 0.25) is 5.52 Å². The minimum Gasteiger partial charge on any atom is -0.380 e. The number of rotatable bonds is 2. The van der Waals surface area contributed by atoms with Crippen LogP contribution < -0.4 is 21.8 Å². The maximum absolute atomic E-state index is 5.89. The monoisotopic (exact) mass is 248 g/mol. The third-order valence-electron chi connectivity index (χ3n) is 3.47. The normalized spacial score (nSPS) is 24.3. The third-order valence-corrected chi connectivity index (χ3v) is 3.47. The Kier molecular flexibility index (Phi) is 2.75. The maximum atomic E-state index is 5.89. The standard InChI is InChI=1S/C11H17N7/c12-6-1-3-7(4-2-6)16-11-17-9(13)8-10(18-11)15-5-14-8/h5-7H,1-4,12H2,(H4,13,14,15,16,17,18)/p+1. The average molecular weight is 248 g/mol. The highest BCUT2D eigenvalue weighted by atomic mass is 15.2. The van der Waals surface area contributed by atoms with Crippen LogP contribution in [0.25, 0.3) is 11.2 Å². The molecule has 0 spiro atoms. The fraction of sp³-hybridized carbons (Fsp3) is 0.545. The lowest BCUT2D eigenvalue weighted by molar-refractivity contribution is -0.347. The lowest BCUT2D eigenvalue weighted by Crippen LogP contribution is -2.33. The number of hydrogen-bond acceptors (Lipinski definition) is 5. The molecule has 96 valence electrons. The molecule has 0 unspecified atom stereocenters. The molecule has 0 saturated heterocycles. The first kappa shape index (κ1) is 11.2. The van der Waals surface area contributed by atoms with Crippen LogP contribution in [-0.2, 0) is 0 Å². The van der Waals surface area contributed by atoms with Crippen LogP contribution in [0.3, 0.4) is 0 Å². The largest absolute Gasteiger partial charge is 0.380 e. The van der Waals surface area contributed by atoms with E-state index >= 15 is 0 Å². The van der Waals surface area contributed by atoms with Gasteiger partial charge < -0.3 is 16.8 Å². The maximum Gasteiger partial charge on any atom is 0.307 e. The smallest absolute Gasteiger partial charge is 0.307 e. The van der Waals surface area contributed by atoms with E-state index in [1.54, 1.807) is 6.33 Å². The Morgan fingerprint density at radius 1 is 1.28 bits per heavy atom. The molecule has 3 rings (SSSR count). The molecule has 2 heterocycles. The molecule has 2 aromatic heterocycles. The minimum absolute atomic E-state index is 0.342. The van der Waals surface area contributed by atoms with Crippen LogP contribution in [0.5, 0.6) is 0 Å². The van der Waals surface area contributed by atoms with Crippen LogP contribution >= 0.6 is 0 Å². The van der Waals surface area contributed by atoms with Gasteiger partial charge >= 0.3 is 11.6 Å². The Morgan fingerprint density at radius 3 is 2.83 bits per heavy atom. The molecule has 7 nitrogen and oxygen atoms in total. The number of nitrogens with two attached hydrogens (primary N) is 2. The highest BCUT2D eigenvalue weighted by Crippen LogP contribution is 2.21. The van der Waals surface area contributed by atoms with Crippen LogP contribution in [0.2, 0.25) is 0 Å². The number of fused-ring (bicyclic) bond motifs is 1. The number of hydrogen-bond donors (Lipinski definition) is 4. The van der Waals surface area contributed by atoms with Crippen LogP contribution in [0.1, 0.15) is 25.7 Å². The van der Waals surface area contributed by atoms with Crippen LogP contribution in [0.15, 0.2) is 6.33 Å². The summed E-state index contributed by atoms with van der Waals surface area (Å²) in [5.74, 6) is 1.03. The number of nitrogen functional groups attached to an aromatic ring is 1. The number of nitrogens with one attached hydrogen (secondary N) is 3. The molecule has 1 aliphatic rings. The van der Waals surface area contributed by atoms with E-state index in [9.17, 15) is 0 Å². The lowest BCUT2D eigenvalue weighted by atomic mass is 9.92. The van der Waals surface area contributed by atoms with Gasteiger partial charge in [-0.1, -0.05) is 4.98 Å². The molecular formula is C11H18N7+. The van der Waals surface area contributed by atoms with Gasteiger partial charge in [-0.25, -0.2) is 4.98 Å². The van der Waals surface area contributed by atoms with E-state index in [1.165, 1.54) is 0 Å². The second-order valence-electron chi connectivity index (χ2n) is 4.85. The number of aromatic nitrogens is 4. The minimum atomic E-state index is 0.342. The highest BCUT2D eigenvalue weighted by molar-refractivity contribution is 5.79. The zero-order chi connectivity index (χ0) is 12.5. The van der Waals surface area contributed by atoms with Gasteiger partial charge in [-0.15, -0.1) is 0 Å². The van der Waals surface area contributed by atoms with Crippen molar-refractivity contribution in [3.8, 4) is 0 Å². The summed E-state index contributed by atoms with van der Waals surface area (Å²) in [5.41, 5.74) is 13.2. The van der Waals surface area contributed by atoms with Gasteiger partial charge in [0.15, 0.2) is 12.1 Å². The highest BCUT2D eigenvalue weighted by Gasteiger charge is 2.21. The van der Waals surface area contributed by atoms with E-state index in [1.807, 2.05) is 0 Å². The topological polar surface area (TPSA) is 120 Å². The molecule has 0 bridgehead atoms. The Balaban J connectivity index is 1.78. The van der Waals surface area contributed by atoms with E-state index < -0.39 is 0 Å². The van der Waals surface area contributed by atoms with E-state index in [0.29, 0.717) is 23.8 Å². The Bertz CT molecular complexity index is 541. The Hall–Kier alpha value is -1.89. The molecular weight excluding hydrogens is 230 g/mol. The van der Waals surface area contributed by atoms with Crippen molar-refractivity contribution >= 4 is 22.9 Å². The first-order valence-corrected chi connectivity index (χ1v) is 6.27. The first-order valence-electron chi connectivity index (χ1n) is 6.27. The van der Waals surface area contributed by atoms with Crippen molar-refractivity contribution in [1.82, 2.24) is 15.0 Å². The van der Waals surface area contributed by atoms with Crippen LogP contribution in [-0.4, -0.2) is 27.0 Å². The van der Waals surface area contributed by atoms with E-state index in [-0.39, 0.29) is 0 Å². The second-order valence-corrected chi connectivity index (χ2v) is 4.85.